The van der Waals surface area contributed by atoms with E-state index < -0.39 is 0 Å². The van der Waals surface area contributed by atoms with Crippen LogP contribution in [0.1, 0.15) is 46.0 Å². The fraction of sp³-hybridized carbons (Fsp3) is 0.933. The maximum absolute atomic E-state index is 12.2. The zero-order chi connectivity index (χ0) is 15.0. The average Bonchev–Trinajstić information content (AvgIpc) is 2.45. The molecule has 1 saturated heterocycles. The fourth-order valence-electron chi connectivity index (χ4n) is 2.79. The maximum atomic E-state index is 12.2. The standard InChI is InChI=1S/C15H31N3O2/c1-4-9-18-10-7-14(8-11-18)17(3)15(20)16-13(2)6-5-12-19/h13-14,19H,4-12H2,1-3H3,(H,16,20). The minimum atomic E-state index is 0.0179. The van der Waals surface area contributed by atoms with E-state index in [1.807, 2.05) is 18.9 Å². The molecule has 1 unspecified atom stereocenters. The summed E-state index contributed by atoms with van der Waals surface area (Å²) in [6.07, 6.45) is 4.89. The monoisotopic (exact) mass is 285 g/mol. The van der Waals surface area contributed by atoms with Crippen LogP contribution in [0.4, 0.5) is 4.79 Å². The topological polar surface area (TPSA) is 55.8 Å². The van der Waals surface area contributed by atoms with E-state index in [0.29, 0.717) is 6.04 Å². The van der Waals surface area contributed by atoms with Crippen molar-refractivity contribution in [1.82, 2.24) is 15.1 Å². The van der Waals surface area contributed by atoms with Crippen LogP contribution in [-0.2, 0) is 0 Å². The second-order valence-corrected chi connectivity index (χ2v) is 5.90. The number of carbonyl (C=O) groups excluding carboxylic acids is 1. The van der Waals surface area contributed by atoms with Gasteiger partial charge >= 0.3 is 6.03 Å². The molecule has 1 fully saturated rings. The molecule has 1 atom stereocenters. The quantitative estimate of drug-likeness (QED) is 0.748. The lowest BCUT2D eigenvalue weighted by Crippen LogP contribution is -2.50. The number of likely N-dealkylation sites (tertiary alicyclic amines) is 1. The molecule has 0 saturated carbocycles. The largest absolute Gasteiger partial charge is 0.396 e. The van der Waals surface area contributed by atoms with Gasteiger partial charge in [-0.15, -0.1) is 0 Å². The first-order chi connectivity index (χ1) is 9.58. The summed E-state index contributed by atoms with van der Waals surface area (Å²) in [7, 11) is 1.90. The lowest BCUT2D eigenvalue weighted by atomic mass is 10.0. The first-order valence-electron chi connectivity index (χ1n) is 7.95. The zero-order valence-corrected chi connectivity index (χ0v) is 13.3. The highest BCUT2D eigenvalue weighted by Crippen LogP contribution is 2.15. The number of piperidine rings is 1. The number of nitrogens with one attached hydrogen (secondary N) is 1. The third-order valence-electron chi connectivity index (χ3n) is 4.13. The van der Waals surface area contributed by atoms with E-state index in [1.165, 1.54) is 13.0 Å². The number of rotatable bonds is 7. The molecule has 2 amide bonds. The predicted molar refractivity (Wildman–Crippen MR) is 81.8 cm³/mol. The van der Waals surface area contributed by atoms with Gasteiger partial charge in [0, 0.05) is 38.8 Å². The molecule has 1 aliphatic heterocycles. The van der Waals surface area contributed by atoms with Gasteiger partial charge in [0.25, 0.3) is 0 Å². The van der Waals surface area contributed by atoms with E-state index in [9.17, 15) is 4.79 Å². The van der Waals surface area contributed by atoms with Crippen LogP contribution in [0.5, 0.6) is 0 Å². The molecule has 0 radical (unpaired) electrons. The number of hydrogen-bond donors (Lipinski definition) is 2. The highest BCUT2D eigenvalue weighted by Gasteiger charge is 2.25. The molecule has 0 aliphatic carbocycles. The van der Waals surface area contributed by atoms with Crippen molar-refractivity contribution >= 4 is 6.03 Å². The van der Waals surface area contributed by atoms with Crippen molar-refractivity contribution in [3.8, 4) is 0 Å². The molecule has 0 aromatic heterocycles. The van der Waals surface area contributed by atoms with Crippen molar-refractivity contribution in [2.75, 3.05) is 33.3 Å². The van der Waals surface area contributed by atoms with Gasteiger partial charge in [0.15, 0.2) is 0 Å². The van der Waals surface area contributed by atoms with Gasteiger partial charge in [-0.25, -0.2) is 4.79 Å². The number of aliphatic hydroxyl groups excluding tert-OH is 1. The Kier molecular flexibility index (Phi) is 7.92. The SMILES string of the molecule is CCCN1CCC(N(C)C(=O)NC(C)CCCO)CC1. The summed E-state index contributed by atoms with van der Waals surface area (Å²) in [6, 6.07) is 0.495. The normalized spacial score (nSPS) is 18.8. The first-order valence-corrected chi connectivity index (χ1v) is 7.95. The number of aliphatic hydroxyl groups is 1. The Balaban J connectivity index is 2.31. The third-order valence-corrected chi connectivity index (χ3v) is 4.13. The minimum Gasteiger partial charge on any atom is -0.396 e. The molecule has 1 aliphatic rings. The summed E-state index contributed by atoms with van der Waals surface area (Å²) >= 11 is 0. The molecule has 0 spiro atoms. The van der Waals surface area contributed by atoms with Crippen LogP contribution in [0.15, 0.2) is 0 Å². The van der Waals surface area contributed by atoms with Crippen LogP contribution in [0, 0.1) is 0 Å². The predicted octanol–water partition coefficient (Wildman–Crippen LogP) is 1.66. The number of urea groups is 1. The van der Waals surface area contributed by atoms with Gasteiger partial charge in [0.2, 0.25) is 0 Å². The molecule has 0 aromatic rings. The highest BCUT2D eigenvalue weighted by molar-refractivity contribution is 5.74. The van der Waals surface area contributed by atoms with Gasteiger partial charge in [0.05, 0.1) is 0 Å². The summed E-state index contributed by atoms with van der Waals surface area (Å²) in [5.74, 6) is 0. The smallest absolute Gasteiger partial charge is 0.317 e. The van der Waals surface area contributed by atoms with Crippen LogP contribution in [0.3, 0.4) is 0 Å². The molecule has 0 aromatic carbocycles. The Morgan fingerprint density at radius 1 is 1.45 bits per heavy atom. The zero-order valence-electron chi connectivity index (χ0n) is 13.3. The third kappa shape index (κ3) is 5.67. The van der Waals surface area contributed by atoms with Gasteiger partial charge in [-0.1, -0.05) is 6.92 Å². The van der Waals surface area contributed by atoms with E-state index in [2.05, 4.69) is 17.1 Å². The van der Waals surface area contributed by atoms with Crippen molar-refractivity contribution in [2.24, 2.45) is 0 Å². The van der Waals surface area contributed by atoms with Crippen LogP contribution in [0.25, 0.3) is 0 Å². The lowest BCUT2D eigenvalue weighted by molar-refractivity contribution is 0.133. The van der Waals surface area contributed by atoms with Gasteiger partial charge in [-0.05, 0) is 45.6 Å². The highest BCUT2D eigenvalue weighted by atomic mass is 16.3. The second kappa shape index (κ2) is 9.19. The Morgan fingerprint density at radius 2 is 2.10 bits per heavy atom. The van der Waals surface area contributed by atoms with Crippen LogP contribution < -0.4 is 5.32 Å². The Labute approximate surface area is 123 Å². The van der Waals surface area contributed by atoms with Gasteiger partial charge in [-0.2, -0.15) is 0 Å². The van der Waals surface area contributed by atoms with Crippen molar-refractivity contribution in [1.29, 1.82) is 0 Å². The summed E-state index contributed by atoms with van der Waals surface area (Å²) in [6.45, 7) is 7.74. The van der Waals surface area contributed by atoms with Gasteiger partial charge in [-0.3, -0.25) is 0 Å². The fourth-order valence-corrected chi connectivity index (χ4v) is 2.79. The van der Waals surface area contributed by atoms with Crippen molar-refractivity contribution in [3.05, 3.63) is 0 Å². The number of nitrogens with zero attached hydrogens (tertiary/aromatic N) is 2. The van der Waals surface area contributed by atoms with Gasteiger partial charge in [0.1, 0.15) is 0 Å². The van der Waals surface area contributed by atoms with E-state index in [0.717, 1.165) is 38.8 Å². The number of amides is 2. The molecule has 1 heterocycles. The van der Waals surface area contributed by atoms with Crippen molar-refractivity contribution < 1.29 is 9.90 Å². The van der Waals surface area contributed by atoms with Crippen molar-refractivity contribution in [2.45, 2.75) is 58.0 Å². The Morgan fingerprint density at radius 3 is 2.65 bits per heavy atom. The van der Waals surface area contributed by atoms with E-state index >= 15 is 0 Å². The van der Waals surface area contributed by atoms with Crippen molar-refractivity contribution in [3.63, 3.8) is 0 Å². The van der Waals surface area contributed by atoms with Gasteiger partial charge < -0.3 is 20.2 Å². The molecule has 1 rings (SSSR count). The summed E-state index contributed by atoms with van der Waals surface area (Å²) in [5, 5.41) is 11.8. The molecular weight excluding hydrogens is 254 g/mol. The number of carbonyl (C=O) groups is 1. The Bertz CT molecular complexity index is 278. The average molecular weight is 285 g/mol. The molecule has 20 heavy (non-hydrogen) atoms. The van der Waals surface area contributed by atoms with E-state index in [-0.39, 0.29) is 18.7 Å². The van der Waals surface area contributed by atoms with E-state index in [1.54, 1.807) is 0 Å². The molecule has 0 bridgehead atoms. The number of hydrogen-bond acceptors (Lipinski definition) is 3. The van der Waals surface area contributed by atoms with E-state index in [4.69, 9.17) is 5.11 Å². The lowest BCUT2D eigenvalue weighted by Gasteiger charge is -2.37. The minimum absolute atomic E-state index is 0.0179. The summed E-state index contributed by atoms with van der Waals surface area (Å²) in [5.41, 5.74) is 0. The second-order valence-electron chi connectivity index (χ2n) is 5.90. The first kappa shape index (κ1) is 17.2. The maximum Gasteiger partial charge on any atom is 0.317 e. The van der Waals surface area contributed by atoms with Crippen LogP contribution in [-0.4, -0.2) is 66.3 Å². The summed E-state index contributed by atoms with van der Waals surface area (Å²) in [4.78, 5) is 16.5. The van der Waals surface area contributed by atoms with Crippen LogP contribution >= 0.6 is 0 Å². The molecular formula is C15H31N3O2. The molecule has 5 nitrogen and oxygen atoms in total. The summed E-state index contributed by atoms with van der Waals surface area (Å²) < 4.78 is 0. The Hall–Kier alpha value is -0.810. The molecule has 5 heteroatoms. The molecule has 2 N–H and O–H groups in total. The van der Waals surface area contributed by atoms with Crippen LogP contribution in [0.2, 0.25) is 0 Å². The molecule has 118 valence electrons.